The van der Waals surface area contributed by atoms with E-state index in [1.165, 1.54) is 0 Å². The zero-order valence-corrected chi connectivity index (χ0v) is 11.5. The van der Waals surface area contributed by atoms with Gasteiger partial charge in [0, 0.05) is 6.04 Å². The van der Waals surface area contributed by atoms with E-state index in [1.807, 2.05) is 0 Å². The van der Waals surface area contributed by atoms with E-state index in [0.29, 0.717) is 10.7 Å². The molecular formula is C12H13Cl2N3O2. The SMILES string of the molecule is O=C(CNC(=O)NC1CC1)Nc1cccc(Cl)c1Cl. The van der Waals surface area contributed by atoms with Crippen LogP contribution in [0.25, 0.3) is 0 Å². The molecule has 1 saturated carbocycles. The van der Waals surface area contributed by atoms with Crippen LogP contribution in [0.5, 0.6) is 0 Å². The van der Waals surface area contributed by atoms with Crippen LogP contribution in [0.1, 0.15) is 12.8 Å². The molecule has 0 heterocycles. The molecule has 0 bridgehead atoms. The van der Waals surface area contributed by atoms with Crippen LogP contribution in [0.3, 0.4) is 0 Å². The smallest absolute Gasteiger partial charge is 0.315 e. The Morgan fingerprint density at radius 2 is 2.00 bits per heavy atom. The predicted molar refractivity (Wildman–Crippen MR) is 74.6 cm³/mol. The number of nitrogens with one attached hydrogen (secondary N) is 3. The fraction of sp³-hybridized carbons (Fsp3) is 0.333. The number of anilines is 1. The number of halogens is 2. The van der Waals surface area contributed by atoms with Gasteiger partial charge in [0.1, 0.15) is 0 Å². The first kappa shape index (κ1) is 14.0. The van der Waals surface area contributed by atoms with Gasteiger partial charge in [0.15, 0.2) is 0 Å². The first-order valence-corrected chi connectivity index (χ1v) is 6.60. The number of urea groups is 1. The Bertz CT molecular complexity index is 504. The van der Waals surface area contributed by atoms with E-state index in [0.717, 1.165) is 12.8 Å². The van der Waals surface area contributed by atoms with Gasteiger partial charge in [0.2, 0.25) is 5.91 Å². The molecule has 1 aliphatic carbocycles. The van der Waals surface area contributed by atoms with Gasteiger partial charge in [0.25, 0.3) is 0 Å². The zero-order valence-electron chi connectivity index (χ0n) is 10.0. The van der Waals surface area contributed by atoms with Crippen LogP contribution in [-0.2, 0) is 4.79 Å². The summed E-state index contributed by atoms with van der Waals surface area (Å²) in [4.78, 5) is 22.9. The molecule has 5 nitrogen and oxygen atoms in total. The van der Waals surface area contributed by atoms with Crippen LogP contribution in [0.15, 0.2) is 18.2 Å². The number of amides is 3. The molecule has 3 N–H and O–H groups in total. The van der Waals surface area contributed by atoms with Gasteiger partial charge in [-0.25, -0.2) is 4.79 Å². The summed E-state index contributed by atoms with van der Waals surface area (Å²) in [5, 5.41) is 8.40. The van der Waals surface area contributed by atoms with Gasteiger partial charge in [-0.3, -0.25) is 4.79 Å². The van der Waals surface area contributed by atoms with Crippen LogP contribution in [0.4, 0.5) is 10.5 Å². The molecule has 19 heavy (non-hydrogen) atoms. The molecule has 7 heteroatoms. The minimum Gasteiger partial charge on any atom is -0.335 e. The Morgan fingerprint density at radius 1 is 1.26 bits per heavy atom. The highest BCUT2D eigenvalue weighted by atomic mass is 35.5. The van der Waals surface area contributed by atoms with Crippen LogP contribution < -0.4 is 16.0 Å². The van der Waals surface area contributed by atoms with E-state index in [4.69, 9.17) is 23.2 Å². The number of benzene rings is 1. The van der Waals surface area contributed by atoms with Crippen LogP contribution in [0, 0.1) is 0 Å². The molecule has 0 aromatic heterocycles. The highest BCUT2D eigenvalue weighted by molar-refractivity contribution is 6.44. The van der Waals surface area contributed by atoms with Crippen molar-refractivity contribution in [2.24, 2.45) is 0 Å². The second kappa shape index (κ2) is 6.12. The van der Waals surface area contributed by atoms with E-state index >= 15 is 0 Å². The standard InChI is InChI=1S/C12H13Cl2N3O2/c13-8-2-1-3-9(11(8)14)17-10(18)6-15-12(19)16-7-4-5-7/h1-3,7H,4-6H2,(H,17,18)(H2,15,16,19). The third kappa shape index (κ3) is 4.29. The normalized spacial score (nSPS) is 13.8. The van der Waals surface area contributed by atoms with E-state index in [1.54, 1.807) is 18.2 Å². The molecule has 0 unspecified atom stereocenters. The van der Waals surface area contributed by atoms with Crippen molar-refractivity contribution in [2.45, 2.75) is 18.9 Å². The zero-order chi connectivity index (χ0) is 13.8. The Balaban J connectivity index is 1.80. The van der Waals surface area contributed by atoms with Crippen molar-refractivity contribution < 1.29 is 9.59 Å². The highest BCUT2D eigenvalue weighted by Gasteiger charge is 2.23. The summed E-state index contributed by atoms with van der Waals surface area (Å²) in [6.45, 7) is -0.124. The van der Waals surface area contributed by atoms with Gasteiger partial charge in [-0.05, 0) is 25.0 Å². The Kier molecular flexibility index (Phi) is 4.50. The average Bonchev–Trinajstić information content (AvgIpc) is 3.16. The minimum atomic E-state index is -0.366. The summed E-state index contributed by atoms with van der Waals surface area (Å²) < 4.78 is 0. The van der Waals surface area contributed by atoms with Crippen molar-refractivity contribution >= 4 is 40.8 Å². The largest absolute Gasteiger partial charge is 0.335 e. The van der Waals surface area contributed by atoms with Gasteiger partial charge in [-0.2, -0.15) is 0 Å². The number of hydrogen-bond acceptors (Lipinski definition) is 2. The van der Waals surface area contributed by atoms with Crippen molar-refractivity contribution in [2.75, 3.05) is 11.9 Å². The molecular weight excluding hydrogens is 289 g/mol. The van der Waals surface area contributed by atoms with Crippen molar-refractivity contribution in [3.8, 4) is 0 Å². The van der Waals surface area contributed by atoms with Gasteiger partial charge in [-0.15, -0.1) is 0 Å². The lowest BCUT2D eigenvalue weighted by Gasteiger charge is -2.09. The number of carbonyl (C=O) groups is 2. The summed E-state index contributed by atoms with van der Waals surface area (Å²) in [7, 11) is 0. The van der Waals surface area contributed by atoms with Crippen LogP contribution in [0.2, 0.25) is 10.0 Å². The number of hydrogen-bond donors (Lipinski definition) is 3. The summed E-state index contributed by atoms with van der Waals surface area (Å²) in [6, 6.07) is 4.86. The molecule has 0 aliphatic heterocycles. The molecule has 102 valence electrons. The Labute approximate surface area is 120 Å². The van der Waals surface area contributed by atoms with Gasteiger partial charge < -0.3 is 16.0 Å². The van der Waals surface area contributed by atoms with E-state index < -0.39 is 0 Å². The maximum atomic E-state index is 11.6. The van der Waals surface area contributed by atoms with Crippen LogP contribution >= 0.6 is 23.2 Å². The fourth-order valence-corrected chi connectivity index (χ4v) is 1.77. The first-order valence-electron chi connectivity index (χ1n) is 5.84. The van der Waals surface area contributed by atoms with E-state index in [9.17, 15) is 9.59 Å². The molecule has 2 rings (SSSR count). The summed E-state index contributed by atoms with van der Waals surface area (Å²) in [5.74, 6) is -0.366. The van der Waals surface area contributed by atoms with Crippen molar-refractivity contribution in [3.05, 3.63) is 28.2 Å². The molecule has 1 aliphatic rings. The van der Waals surface area contributed by atoms with E-state index in [-0.39, 0.29) is 29.5 Å². The third-order valence-corrected chi connectivity index (χ3v) is 3.37. The van der Waals surface area contributed by atoms with Crippen molar-refractivity contribution in [1.29, 1.82) is 0 Å². The summed E-state index contributed by atoms with van der Waals surface area (Å²) in [5.41, 5.74) is 0.420. The molecule has 1 aromatic rings. The monoisotopic (exact) mass is 301 g/mol. The fourth-order valence-electron chi connectivity index (χ4n) is 1.42. The molecule has 3 amide bonds. The molecule has 0 atom stereocenters. The lowest BCUT2D eigenvalue weighted by Crippen LogP contribution is -2.40. The van der Waals surface area contributed by atoms with Crippen molar-refractivity contribution in [3.63, 3.8) is 0 Å². The topological polar surface area (TPSA) is 70.2 Å². The number of rotatable bonds is 4. The Hall–Kier alpha value is -1.46. The van der Waals surface area contributed by atoms with Gasteiger partial charge in [-0.1, -0.05) is 29.3 Å². The quantitative estimate of drug-likeness (QED) is 0.799. The Morgan fingerprint density at radius 3 is 2.68 bits per heavy atom. The van der Waals surface area contributed by atoms with Gasteiger partial charge in [0.05, 0.1) is 22.3 Å². The van der Waals surface area contributed by atoms with Gasteiger partial charge >= 0.3 is 6.03 Å². The summed E-state index contributed by atoms with van der Waals surface area (Å²) >= 11 is 11.8. The van der Waals surface area contributed by atoms with Crippen molar-refractivity contribution in [1.82, 2.24) is 10.6 Å². The second-order valence-corrected chi connectivity index (χ2v) is 5.04. The summed E-state index contributed by atoms with van der Waals surface area (Å²) in [6.07, 6.45) is 2.00. The maximum absolute atomic E-state index is 11.6. The highest BCUT2D eigenvalue weighted by Crippen LogP contribution is 2.29. The molecule has 1 fully saturated rings. The van der Waals surface area contributed by atoms with E-state index in [2.05, 4.69) is 16.0 Å². The lowest BCUT2D eigenvalue weighted by atomic mass is 10.3. The maximum Gasteiger partial charge on any atom is 0.315 e. The second-order valence-electron chi connectivity index (χ2n) is 4.25. The lowest BCUT2D eigenvalue weighted by molar-refractivity contribution is -0.115. The molecule has 0 radical (unpaired) electrons. The molecule has 1 aromatic carbocycles. The third-order valence-electron chi connectivity index (χ3n) is 2.55. The molecule has 0 saturated heterocycles. The van der Waals surface area contributed by atoms with Crippen LogP contribution in [-0.4, -0.2) is 24.5 Å². The minimum absolute atomic E-state index is 0.124. The molecule has 0 spiro atoms. The number of carbonyl (C=O) groups excluding carboxylic acids is 2. The average molecular weight is 302 g/mol. The predicted octanol–water partition coefficient (Wildman–Crippen LogP) is 2.39. The first-order chi connectivity index (χ1) is 9.06.